The number of carbonyl (C=O) groups is 1. The SMILES string of the molecule is CN1CCN(NC(=O)C2c3ccccc3Cc3ccccc32)CC1. The van der Waals surface area contributed by atoms with Crippen molar-refractivity contribution in [2.75, 3.05) is 33.2 Å². The number of amides is 1. The zero-order valence-electron chi connectivity index (χ0n) is 14.0. The van der Waals surface area contributed by atoms with Gasteiger partial charge in [0, 0.05) is 26.2 Å². The van der Waals surface area contributed by atoms with Gasteiger partial charge in [-0.15, -0.1) is 0 Å². The van der Waals surface area contributed by atoms with Crippen LogP contribution in [0.2, 0.25) is 0 Å². The second kappa shape index (κ2) is 6.38. The zero-order valence-corrected chi connectivity index (χ0v) is 14.0. The summed E-state index contributed by atoms with van der Waals surface area (Å²) in [5.41, 5.74) is 7.96. The van der Waals surface area contributed by atoms with E-state index in [0.717, 1.165) is 43.7 Å². The molecule has 1 fully saturated rings. The van der Waals surface area contributed by atoms with Crippen LogP contribution < -0.4 is 5.43 Å². The molecule has 0 atom stereocenters. The van der Waals surface area contributed by atoms with Gasteiger partial charge in [0.2, 0.25) is 5.91 Å². The number of carbonyl (C=O) groups excluding carboxylic acids is 1. The average Bonchev–Trinajstić information content (AvgIpc) is 2.61. The average molecular weight is 321 g/mol. The molecule has 124 valence electrons. The van der Waals surface area contributed by atoms with Crippen LogP contribution in [0.25, 0.3) is 0 Å². The van der Waals surface area contributed by atoms with Crippen LogP contribution in [0.5, 0.6) is 0 Å². The minimum Gasteiger partial charge on any atom is -0.304 e. The number of fused-ring (bicyclic) bond motifs is 2. The van der Waals surface area contributed by atoms with Gasteiger partial charge in [0.05, 0.1) is 5.92 Å². The molecule has 1 N–H and O–H groups in total. The lowest BCUT2D eigenvalue weighted by atomic mass is 9.78. The largest absolute Gasteiger partial charge is 0.304 e. The molecule has 4 nitrogen and oxygen atoms in total. The molecule has 2 aromatic rings. The topological polar surface area (TPSA) is 35.6 Å². The minimum absolute atomic E-state index is 0.0825. The van der Waals surface area contributed by atoms with E-state index in [1.165, 1.54) is 11.1 Å². The lowest BCUT2D eigenvalue weighted by Crippen LogP contribution is -2.53. The maximum Gasteiger partial charge on any atom is 0.246 e. The number of nitrogens with zero attached hydrogens (tertiary/aromatic N) is 2. The van der Waals surface area contributed by atoms with Crippen molar-refractivity contribution in [3.8, 4) is 0 Å². The summed E-state index contributed by atoms with van der Waals surface area (Å²) >= 11 is 0. The molecule has 2 aliphatic rings. The van der Waals surface area contributed by atoms with Gasteiger partial charge in [0.1, 0.15) is 0 Å². The molecule has 1 saturated heterocycles. The van der Waals surface area contributed by atoms with Gasteiger partial charge in [0.25, 0.3) is 0 Å². The lowest BCUT2D eigenvalue weighted by Gasteiger charge is -2.34. The Kier molecular flexibility index (Phi) is 4.08. The van der Waals surface area contributed by atoms with E-state index >= 15 is 0 Å². The van der Waals surface area contributed by atoms with Crippen molar-refractivity contribution in [2.24, 2.45) is 0 Å². The highest BCUT2D eigenvalue weighted by atomic mass is 16.2. The molecule has 0 aromatic heterocycles. The van der Waals surface area contributed by atoms with E-state index in [4.69, 9.17) is 0 Å². The third kappa shape index (κ3) is 2.83. The van der Waals surface area contributed by atoms with Crippen molar-refractivity contribution in [1.82, 2.24) is 15.3 Å². The molecule has 0 unspecified atom stereocenters. The smallest absolute Gasteiger partial charge is 0.246 e. The van der Waals surface area contributed by atoms with E-state index in [2.05, 4.69) is 58.8 Å². The Morgan fingerprint density at radius 3 is 2.04 bits per heavy atom. The summed E-state index contributed by atoms with van der Waals surface area (Å²) < 4.78 is 0. The monoisotopic (exact) mass is 321 g/mol. The zero-order chi connectivity index (χ0) is 16.5. The van der Waals surface area contributed by atoms with Crippen LogP contribution in [0.3, 0.4) is 0 Å². The Labute approximate surface area is 143 Å². The highest BCUT2D eigenvalue weighted by molar-refractivity contribution is 5.88. The summed E-state index contributed by atoms with van der Waals surface area (Å²) in [5.74, 6) is -0.134. The van der Waals surface area contributed by atoms with Crippen LogP contribution >= 0.6 is 0 Å². The minimum atomic E-state index is -0.217. The highest BCUT2D eigenvalue weighted by Crippen LogP contribution is 2.36. The fraction of sp³-hybridized carbons (Fsp3) is 0.350. The van der Waals surface area contributed by atoms with Gasteiger partial charge in [-0.2, -0.15) is 0 Å². The van der Waals surface area contributed by atoms with Gasteiger partial charge in [-0.1, -0.05) is 48.5 Å². The van der Waals surface area contributed by atoms with Gasteiger partial charge in [0.15, 0.2) is 0 Å². The van der Waals surface area contributed by atoms with Gasteiger partial charge in [-0.3, -0.25) is 10.2 Å². The van der Waals surface area contributed by atoms with Crippen molar-refractivity contribution < 1.29 is 4.79 Å². The Balaban J connectivity index is 1.63. The number of benzene rings is 2. The van der Waals surface area contributed by atoms with Crippen LogP contribution in [-0.2, 0) is 11.2 Å². The predicted octanol–water partition coefficient (Wildman–Crippen LogP) is 2.00. The quantitative estimate of drug-likeness (QED) is 0.919. The van der Waals surface area contributed by atoms with Gasteiger partial charge < -0.3 is 4.90 Å². The van der Waals surface area contributed by atoms with E-state index in [9.17, 15) is 4.79 Å². The molecule has 0 saturated carbocycles. The molecule has 1 aliphatic heterocycles. The Hall–Kier alpha value is -2.17. The first-order chi connectivity index (χ1) is 11.7. The van der Waals surface area contributed by atoms with E-state index in [1.807, 2.05) is 12.1 Å². The van der Waals surface area contributed by atoms with Crippen LogP contribution in [0.15, 0.2) is 48.5 Å². The normalized spacial score (nSPS) is 18.7. The summed E-state index contributed by atoms with van der Waals surface area (Å²) in [6, 6.07) is 16.7. The third-order valence-electron chi connectivity index (χ3n) is 5.15. The Morgan fingerprint density at radius 1 is 0.917 bits per heavy atom. The molecule has 24 heavy (non-hydrogen) atoms. The van der Waals surface area contributed by atoms with Crippen molar-refractivity contribution in [1.29, 1.82) is 0 Å². The highest BCUT2D eigenvalue weighted by Gasteiger charge is 2.31. The molecule has 2 aromatic carbocycles. The van der Waals surface area contributed by atoms with Crippen molar-refractivity contribution in [3.05, 3.63) is 70.8 Å². The maximum atomic E-state index is 13.1. The first kappa shape index (κ1) is 15.4. The molecular formula is C20H23N3O. The molecule has 1 amide bonds. The Bertz CT molecular complexity index is 705. The molecule has 1 heterocycles. The van der Waals surface area contributed by atoms with Gasteiger partial charge >= 0.3 is 0 Å². The molecule has 4 heteroatoms. The second-order valence-corrected chi connectivity index (χ2v) is 6.77. The summed E-state index contributed by atoms with van der Waals surface area (Å²) in [6.45, 7) is 3.72. The number of nitrogens with one attached hydrogen (secondary N) is 1. The molecule has 4 rings (SSSR count). The Morgan fingerprint density at radius 2 is 1.46 bits per heavy atom. The molecule has 0 bridgehead atoms. The summed E-state index contributed by atoms with van der Waals surface area (Å²) in [6.07, 6.45) is 0.907. The fourth-order valence-corrected chi connectivity index (χ4v) is 3.75. The van der Waals surface area contributed by atoms with Crippen molar-refractivity contribution in [3.63, 3.8) is 0 Å². The van der Waals surface area contributed by atoms with Crippen LogP contribution in [-0.4, -0.2) is 49.0 Å². The van der Waals surface area contributed by atoms with E-state index in [1.54, 1.807) is 0 Å². The van der Waals surface area contributed by atoms with Crippen LogP contribution in [0, 0.1) is 0 Å². The van der Waals surface area contributed by atoms with Gasteiger partial charge in [-0.05, 0) is 35.7 Å². The number of rotatable bonds is 2. The summed E-state index contributed by atoms with van der Waals surface area (Å²) in [7, 11) is 2.12. The van der Waals surface area contributed by atoms with Crippen molar-refractivity contribution >= 4 is 5.91 Å². The van der Waals surface area contributed by atoms with Crippen molar-refractivity contribution in [2.45, 2.75) is 12.3 Å². The lowest BCUT2D eigenvalue weighted by molar-refractivity contribution is -0.127. The molecule has 1 aliphatic carbocycles. The number of hydrogen-bond acceptors (Lipinski definition) is 3. The van der Waals surface area contributed by atoms with Crippen LogP contribution in [0.4, 0.5) is 0 Å². The predicted molar refractivity (Wildman–Crippen MR) is 94.7 cm³/mol. The number of likely N-dealkylation sites (N-methyl/N-ethyl adjacent to an activating group) is 1. The first-order valence-electron chi connectivity index (χ1n) is 8.62. The number of piperazine rings is 1. The van der Waals surface area contributed by atoms with E-state index < -0.39 is 0 Å². The molecule has 0 spiro atoms. The third-order valence-corrected chi connectivity index (χ3v) is 5.15. The first-order valence-corrected chi connectivity index (χ1v) is 8.62. The fourth-order valence-electron chi connectivity index (χ4n) is 3.75. The number of hydrogen-bond donors (Lipinski definition) is 1. The van der Waals surface area contributed by atoms with Crippen LogP contribution in [0.1, 0.15) is 28.2 Å². The number of hydrazine groups is 1. The maximum absolute atomic E-state index is 13.1. The van der Waals surface area contributed by atoms with E-state index in [0.29, 0.717) is 0 Å². The summed E-state index contributed by atoms with van der Waals surface area (Å²) in [5, 5.41) is 2.06. The second-order valence-electron chi connectivity index (χ2n) is 6.77. The van der Waals surface area contributed by atoms with Gasteiger partial charge in [-0.25, -0.2) is 5.01 Å². The summed E-state index contributed by atoms with van der Waals surface area (Å²) in [4.78, 5) is 15.4. The molecular weight excluding hydrogens is 298 g/mol. The molecule has 0 radical (unpaired) electrons. The standard InChI is InChI=1S/C20H23N3O/c1-22-10-12-23(13-11-22)21-20(24)19-17-8-4-2-6-15(17)14-16-7-3-5-9-18(16)19/h2-9,19H,10-14H2,1H3,(H,21,24). The van der Waals surface area contributed by atoms with E-state index in [-0.39, 0.29) is 11.8 Å².